The number of halogens is 1. The predicted octanol–water partition coefficient (Wildman–Crippen LogP) is -0.879. The van der Waals surface area contributed by atoms with Crippen LogP contribution in [0.4, 0.5) is 0 Å². The van der Waals surface area contributed by atoms with Gasteiger partial charge in [0.15, 0.2) is 0 Å². The van der Waals surface area contributed by atoms with Crippen LogP contribution >= 0.6 is 12.4 Å². The fourth-order valence-corrected chi connectivity index (χ4v) is 0.230. The van der Waals surface area contributed by atoms with Gasteiger partial charge in [0, 0.05) is 0 Å². The predicted molar refractivity (Wildman–Crippen MR) is 34.4 cm³/mol. The number of hydrogen-bond donors (Lipinski definition) is 2. The lowest BCUT2D eigenvalue weighted by molar-refractivity contribution is -0.139. The second-order valence-electron chi connectivity index (χ2n) is 1.16. The highest BCUT2D eigenvalue weighted by atomic mass is 35.5. The van der Waals surface area contributed by atoms with E-state index in [2.05, 4.69) is 10.1 Å². The molecule has 0 fully saturated rings. The van der Waals surface area contributed by atoms with Gasteiger partial charge in [-0.05, 0) is 0 Å². The van der Waals surface area contributed by atoms with Gasteiger partial charge < -0.3 is 9.84 Å². The summed E-state index contributed by atoms with van der Waals surface area (Å²) >= 11 is 0. The van der Waals surface area contributed by atoms with E-state index in [1.807, 2.05) is 0 Å². The smallest absolute Gasteiger partial charge is 0.319 e. The Labute approximate surface area is 59.6 Å². The summed E-state index contributed by atoms with van der Waals surface area (Å²) in [5.41, 5.74) is 0. The zero-order valence-electron chi connectivity index (χ0n) is 5.09. The Kier molecular flexibility index (Phi) is 9.79. The topological polar surface area (TPSA) is 58.6 Å². The van der Waals surface area contributed by atoms with Crippen molar-refractivity contribution in [1.29, 1.82) is 0 Å². The molecule has 0 atom stereocenters. The van der Waals surface area contributed by atoms with Gasteiger partial charge in [-0.25, -0.2) is 0 Å². The van der Waals surface area contributed by atoms with Gasteiger partial charge in [-0.2, -0.15) is 0 Å². The van der Waals surface area contributed by atoms with Crippen LogP contribution in [0.2, 0.25) is 0 Å². The Morgan fingerprint density at radius 1 is 1.78 bits per heavy atom. The molecular formula is C4H10ClNO3. The minimum atomic E-state index is -0.376. The molecule has 0 aliphatic carbocycles. The van der Waals surface area contributed by atoms with E-state index in [1.54, 1.807) is 0 Å². The van der Waals surface area contributed by atoms with Crippen molar-refractivity contribution >= 4 is 18.4 Å². The summed E-state index contributed by atoms with van der Waals surface area (Å²) in [5.74, 6) is -0.376. The molecule has 0 heterocycles. The van der Waals surface area contributed by atoms with E-state index in [0.717, 1.165) is 0 Å². The highest BCUT2D eigenvalue weighted by molar-refractivity contribution is 5.85. The van der Waals surface area contributed by atoms with Crippen LogP contribution in [0.5, 0.6) is 0 Å². The number of nitrogens with one attached hydrogen (secondary N) is 1. The number of ether oxygens (including phenoxy) is 1. The molecule has 0 radical (unpaired) electrons. The van der Waals surface area contributed by atoms with Gasteiger partial charge in [0.05, 0.1) is 20.4 Å². The largest absolute Gasteiger partial charge is 0.468 e. The lowest BCUT2D eigenvalue weighted by atomic mass is 10.7. The van der Waals surface area contributed by atoms with Gasteiger partial charge in [-0.3, -0.25) is 10.1 Å². The van der Waals surface area contributed by atoms with E-state index in [1.165, 1.54) is 7.11 Å². The van der Waals surface area contributed by atoms with Crippen molar-refractivity contribution in [1.82, 2.24) is 5.32 Å². The molecule has 0 aromatic heterocycles. The molecule has 0 amide bonds. The average molecular weight is 156 g/mol. The van der Waals surface area contributed by atoms with Crippen LogP contribution in [0.15, 0.2) is 0 Å². The molecule has 56 valence electrons. The summed E-state index contributed by atoms with van der Waals surface area (Å²) in [6, 6.07) is 0. The van der Waals surface area contributed by atoms with Crippen molar-refractivity contribution in [2.24, 2.45) is 0 Å². The fraction of sp³-hybridized carbons (Fsp3) is 0.750. The molecule has 2 N–H and O–H groups in total. The van der Waals surface area contributed by atoms with Crippen LogP contribution in [-0.4, -0.2) is 31.5 Å². The molecule has 0 aromatic carbocycles. The first kappa shape index (κ1) is 11.5. The van der Waals surface area contributed by atoms with Crippen molar-refractivity contribution in [2.75, 3.05) is 20.4 Å². The fourth-order valence-electron chi connectivity index (χ4n) is 0.230. The first-order valence-electron chi connectivity index (χ1n) is 2.19. The Balaban J connectivity index is 0. The first-order chi connectivity index (χ1) is 3.81. The number of carbonyl (C=O) groups excluding carboxylic acids is 1. The summed E-state index contributed by atoms with van der Waals surface area (Å²) in [4.78, 5) is 10.2. The minimum absolute atomic E-state index is 0. The molecule has 0 saturated heterocycles. The van der Waals surface area contributed by atoms with Gasteiger partial charge in [0.2, 0.25) is 0 Å². The number of aliphatic hydroxyl groups is 1. The number of hydrogen-bond acceptors (Lipinski definition) is 4. The van der Waals surface area contributed by atoms with Crippen LogP contribution in [0.3, 0.4) is 0 Å². The van der Waals surface area contributed by atoms with E-state index >= 15 is 0 Å². The van der Waals surface area contributed by atoms with Crippen LogP contribution < -0.4 is 5.32 Å². The molecule has 0 aliphatic heterocycles. The third-order valence-electron chi connectivity index (χ3n) is 0.609. The van der Waals surface area contributed by atoms with E-state index < -0.39 is 0 Å². The molecule has 5 heteroatoms. The van der Waals surface area contributed by atoms with Crippen LogP contribution in [0.1, 0.15) is 0 Å². The van der Waals surface area contributed by atoms with Gasteiger partial charge >= 0.3 is 5.97 Å². The lowest BCUT2D eigenvalue weighted by Crippen LogP contribution is -2.24. The third-order valence-corrected chi connectivity index (χ3v) is 0.609. The lowest BCUT2D eigenvalue weighted by Gasteiger charge is -1.96. The van der Waals surface area contributed by atoms with Gasteiger partial charge in [-0.1, -0.05) is 0 Å². The normalized spacial score (nSPS) is 7.78. The highest BCUT2D eigenvalue weighted by Gasteiger charge is 1.94. The third kappa shape index (κ3) is 7.68. The quantitative estimate of drug-likeness (QED) is 0.411. The Bertz CT molecular complexity index is 78.2. The number of rotatable bonds is 3. The Morgan fingerprint density at radius 3 is 2.67 bits per heavy atom. The SMILES string of the molecule is COC(=O)CNCO.Cl. The maximum atomic E-state index is 10.2. The number of aliphatic hydroxyl groups excluding tert-OH is 1. The van der Waals surface area contributed by atoms with E-state index in [9.17, 15) is 4.79 Å². The van der Waals surface area contributed by atoms with Crippen molar-refractivity contribution in [3.05, 3.63) is 0 Å². The van der Waals surface area contributed by atoms with E-state index in [4.69, 9.17) is 5.11 Å². The molecule has 0 spiro atoms. The maximum Gasteiger partial charge on any atom is 0.319 e. The number of methoxy groups -OCH3 is 1. The zero-order chi connectivity index (χ0) is 6.41. The van der Waals surface area contributed by atoms with Crippen molar-refractivity contribution in [2.45, 2.75) is 0 Å². The zero-order valence-corrected chi connectivity index (χ0v) is 5.90. The summed E-state index contributed by atoms with van der Waals surface area (Å²) in [7, 11) is 1.29. The van der Waals surface area contributed by atoms with Crippen molar-refractivity contribution in [3.63, 3.8) is 0 Å². The maximum absolute atomic E-state index is 10.2. The van der Waals surface area contributed by atoms with Crippen LogP contribution in [0, 0.1) is 0 Å². The summed E-state index contributed by atoms with van der Waals surface area (Å²) in [5, 5.41) is 10.5. The molecular weight excluding hydrogens is 146 g/mol. The molecule has 4 nitrogen and oxygen atoms in total. The number of carbonyl (C=O) groups is 1. The molecule has 0 unspecified atom stereocenters. The molecule has 9 heavy (non-hydrogen) atoms. The van der Waals surface area contributed by atoms with Gasteiger partial charge in [0.25, 0.3) is 0 Å². The summed E-state index contributed by atoms with van der Waals surface area (Å²) in [6.45, 7) is -0.137. The standard InChI is InChI=1S/C4H9NO3.ClH/c1-8-4(7)2-5-3-6;/h5-6H,2-3H2,1H3;1H. The second-order valence-corrected chi connectivity index (χ2v) is 1.16. The van der Waals surface area contributed by atoms with Crippen LogP contribution in [0.25, 0.3) is 0 Å². The summed E-state index contributed by atoms with van der Waals surface area (Å²) in [6.07, 6.45) is 0. The average Bonchev–Trinajstić information content (AvgIpc) is 1.83. The summed E-state index contributed by atoms with van der Waals surface area (Å²) < 4.78 is 4.24. The molecule has 0 bridgehead atoms. The second kappa shape index (κ2) is 7.68. The molecule has 0 aromatic rings. The molecule has 0 saturated carbocycles. The minimum Gasteiger partial charge on any atom is -0.468 e. The van der Waals surface area contributed by atoms with Gasteiger partial charge in [-0.15, -0.1) is 12.4 Å². The monoisotopic (exact) mass is 155 g/mol. The highest BCUT2D eigenvalue weighted by Crippen LogP contribution is 1.66. The van der Waals surface area contributed by atoms with Crippen molar-refractivity contribution < 1.29 is 14.6 Å². The van der Waals surface area contributed by atoms with Crippen LogP contribution in [-0.2, 0) is 9.53 Å². The Hall–Kier alpha value is -0.320. The van der Waals surface area contributed by atoms with E-state index in [0.29, 0.717) is 0 Å². The van der Waals surface area contributed by atoms with Gasteiger partial charge in [0.1, 0.15) is 0 Å². The van der Waals surface area contributed by atoms with E-state index in [-0.39, 0.29) is 31.7 Å². The Morgan fingerprint density at radius 2 is 2.33 bits per heavy atom. The molecule has 0 rings (SSSR count). The number of esters is 1. The first-order valence-corrected chi connectivity index (χ1v) is 2.19. The molecule has 0 aliphatic rings. The van der Waals surface area contributed by atoms with Crippen molar-refractivity contribution in [3.8, 4) is 0 Å².